The Bertz CT molecular complexity index is 481. The lowest BCUT2D eigenvalue weighted by Crippen LogP contribution is -2.34. The lowest BCUT2D eigenvalue weighted by atomic mass is 9.92. The maximum absolute atomic E-state index is 11.5. The molecule has 2 unspecified atom stereocenters. The fourth-order valence-corrected chi connectivity index (χ4v) is 2.80. The molecule has 0 radical (unpaired) electrons. The Labute approximate surface area is 113 Å². The Morgan fingerprint density at radius 1 is 1.42 bits per heavy atom. The van der Waals surface area contributed by atoms with Crippen molar-refractivity contribution in [1.82, 2.24) is 5.32 Å². The predicted molar refractivity (Wildman–Crippen MR) is 74.5 cm³/mol. The van der Waals surface area contributed by atoms with Crippen LogP contribution in [-0.2, 0) is 11.2 Å². The molecule has 1 saturated heterocycles. The zero-order valence-corrected chi connectivity index (χ0v) is 11.2. The molecule has 2 N–H and O–H groups in total. The number of ether oxygens (including phenoxy) is 1. The highest BCUT2D eigenvalue weighted by atomic mass is 16.5. The largest absolute Gasteiger partial charge is 0.479 e. The number of piperidine rings is 1. The molecule has 2 heterocycles. The second kappa shape index (κ2) is 5.21. The van der Waals surface area contributed by atoms with E-state index in [1.807, 2.05) is 6.07 Å². The lowest BCUT2D eigenvalue weighted by molar-refractivity contribution is -0.122. The van der Waals surface area contributed by atoms with Crippen LogP contribution in [-0.4, -0.2) is 25.1 Å². The van der Waals surface area contributed by atoms with Gasteiger partial charge in [0.05, 0.1) is 5.69 Å². The van der Waals surface area contributed by atoms with Crippen molar-refractivity contribution in [3.8, 4) is 5.75 Å². The monoisotopic (exact) mass is 260 g/mol. The van der Waals surface area contributed by atoms with Crippen LogP contribution in [0.2, 0.25) is 0 Å². The van der Waals surface area contributed by atoms with Gasteiger partial charge in [-0.25, -0.2) is 0 Å². The van der Waals surface area contributed by atoms with Crippen LogP contribution in [0.15, 0.2) is 18.2 Å². The molecule has 2 aliphatic heterocycles. The predicted octanol–water partition coefficient (Wildman–Crippen LogP) is 1.95. The third kappa shape index (κ3) is 2.73. The van der Waals surface area contributed by atoms with E-state index < -0.39 is 6.10 Å². The average Bonchev–Trinajstić information content (AvgIpc) is 2.42. The summed E-state index contributed by atoms with van der Waals surface area (Å²) in [5.74, 6) is 1.44. The van der Waals surface area contributed by atoms with Gasteiger partial charge >= 0.3 is 0 Å². The van der Waals surface area contributed by atoms with Crippen molar-refractivity contribution in [3.63, 3.8) is 0 Å². The molecule has 4 heteroatoms. The fourth-order valence-electron chi connectivity index (χ4n) is 2.80. The molecule has 0 saturated carbocycles. The van der Waals surface area contributed by atoms with Crippen molar-refractivity contribution in [3.05, 3.63) is 23.8 Å². The Hall–Kier alpha value is -1.55. The number of fused-ring (bicyclic) bond motifs is 1. The maximum atomic E-state index is 11.5. The summed E-state index contributed by atoms with van der Waals surface area (Å²) in [7, 11) is 0. The molecular weight excluding hydrogens is 240 g/mol. The van der Waals surface area contributed by atoms with Gasteiger partial charge in [0.15, 0.2) is 6.10 Å². The van der Waals surface area contributed by atoms with E-state index in [1.54, 1.807) is 6.92 Å². The van der Waals surface area contributed by atoms with E-state index in [4.69, 9.17) is 4.74 Å². The Balaban J connectivity index is 1.74. The van der Waals surface area contributed by atoms with E-state index in [-0.39, 0.29) is 5.91 Å². The minimum absolute atomic E-state index is 0.0725. The summed E-state index contributed by atoms with van der Waals surface area (Å²) in [6.45, 7) is 4.02. The number of carbonyl (C=O) groups is 1. The first kappa shape index (κ1) is 12.5. The van der Waals surface area contributed by atoms with E-state index in [0.29, 0.717) is 5.92 Å². The van der Waals surface area contributed by atoms with Crippen molar-refractivity contribution in [1.29, 1.82) is 0 Å². The standard InChI is InChI=1S/C15H20N2O2/c1-10-15(18)17-13-5-4-11(8-14(13)19-10)7-12-3-2-6-16-9-12/h4-5,8,10,12,16H,2-3,6-7,9H2,1H3,(H,17,18). The number of benzene rings is 1. The Morgan fingerprint density at radius 2 is 2.32 bits per heavy atom. The van der Waals surface area contributed by atoms with Gasteiger partial charge in [-0.2, -0.15) is 0 Å². The van der Waals surface area contributed by atoms with Crippen molar-refractivity contribution >= 4 is 11.6 Å². The molecule has 2 atom stereocenters. The molecule has 1 aromatic rings. The van der Waals surface area contributed by atoms with Crippen molar-refractivity contribution in [2.45, 2.75) is 32.3 Å². The second-order valence-electron chi connectivity index (χ2n) is 5.50. The topological polar surface area (TPSA) is 50.4 Å². The van der Waals surface area contributed by atoms with Gasteiger partial charge in [-0.15, -0.1) is 0 Å². The van der Waals surface area contributed by atoms with Gasteiger partial charge in [0.2, 0.25) is 0 Å². The number of hydrogen-bond donors (Lipinski definition) is 2. The zero-order chi connectivity index (χ0) is 13.2. The van der Waals surface area contributed by atoms with Crippen LogP contribution in [0.5, 0.6) is 5.75 Å². The van der Waals surface area contributed by atoms with Crippen LogP contribution in [0, 0.1) is 5.92 Å². The van der Waals surface area contributed by atoms with E-state index in [9.17, 15) is 4.79 Å². The molecule has 0 spiro atoms. The molecule has 2 aliphatic rings. The normalized spacial score (nSPS) is 26.3. The van der Waals surface area contributed by atoms with Crippen LogP contribution in [0.3, 0.4) is 0 Å². The number of carbonyl (C=O) groups excluding carboxylic acids is 1. The molecule has 1 aromatic carbocycles. The highest BCUT2D eigenvalue weighted by Crippen LogP contribution is 2.31. The van der Waals surface area contributed by atoms with Gasteiger partial charge < -0.3 is 15.4 Å². The summed E-state index contributed by atoms with van der Waals surface area (Å²) in [4.78, 5) is 11.5. The first-order valence-electron chi connectivity index (χ1n) is 7.03. The van der Waals surface area contributed by atoms with Gasteiger partial charge in [-0.05, 0) is 62.9 Å². The first-order valence-corrected chi connectivity index (χ1v) is 7.03. The van der Waals surface area contributed by atoms with Gasteiger partial charge in [0.1, 0.15) is 5.75 Å². The van der Waals surface area contributed by atoms with Crippen molar-refractivity contribution in [2.24, 2.45) is 5.92 Å². The number of rotatable bonds is 2. The number of anilines is 1. The molecule has 102 valence electrons. The van der Waals surface area contributed by atoms with Crippen molar-refractivity contribution in [2.75, 3.05) is 18.4 Å². The van der Waals surface area contributed by atoms with Gasteiger partial charge in [-0.3, -0.25) is 4.79 Å². The highest BCUT2D eigenvalue weighted by Gasteiger charge is 2.24. The van der Waals surface area contributed by atoms with E-state index in [2.05, 4.69) is 22.8 Å². The summed E-state index contributed by atoms with van der Waals surface area (Å²) in [5, 5.41) is 6.31. The van der Waals surface area contributed by atoms with Crippen LogP contribution >= 0.6 is 0 Å². The van der Waals surface area contributed by atoms with E-state index in [0.717, 1.165) is 30.9 Å². The molecular formula is C15H20N2O2. The molecule has 0 aliphatic carbocycles. The number of hydrogen-bond acceptors (Lipinski definition) is 3. The number of nitrogens with one attached hydrogen (secondary N) is 2. The van der Waals surface area contributed by atoms with Crippen LogP contribution in [0.4, 0.5) is 5.69 Å². The van der Waals surface area contributed by atoms with E-state index in [1.165, 1.54) is 18.4 Å². The molecule has 0 aromatic heterocycles. The molecule has 4 nitrogen and oxygen atoms in total. The maximum Gasteiger partial charge on any atom is 0.265 e. The molecule has 19 heavy (non-hydrogen) atoms. The molecule has 0 bridgehead atoms. The summed E-state index contributed by atoms with van der Waals surface area (Å²) in [6.07, 6.45) is 3.22. The molecule has 1 amide bonds. The third-order valence-electron chi connectivity index (χ3n) is 3.90. The quantitative estimate of drug-likeness (QED) is 0.854. The summed E-state index contributed by atoms with van der Waals surface area (Å²) in [5.41, 5.74) is 2.07. The summed E-state index contributed by atoms with van der Waals surface area (Å²) in [6, 6.07) is 6.11. The molecule has 1 fully saturated rings. The first-order chi connectivity index (χ1) is 9.22. The average molecular weight is 260 g/mol. The summed E-state index contributed by atoms with van der Waals surface area (Å²) < 4.78 is 5.65. The fraction of sp³-hybridized carbons (Fsp3) is 0.533. The second-order valence-corrected chi connectivity index (χ2v) is 5.50. The Kier molecular flexibility index (Phi) is 3.42. The SMILES string of the molecule is CC1Oc2cc(CC3CCCNC3)ccc2NC1=O. The van der Waals surface area contributed by atoms with Gasteiger partial charge in [0, 0.05) is 0 Å². The van der Waals surface area contributed by atoms with Gasteiger partial charge in [-0.1, -0.05) is 6.07 Å². The highest BCUT2D eigenvalue weighted by molar-refractivity contribution is 5.97. The van der Waals surface area contributed by atoms with Gasteiger partial charge in [0.25, 0.3) is 5.91 Å². The van der Waals surface area contributed by atoms with Crippen LogP contribution in [0.25, 0.3) is 0 Å². The smallest absolute Gasteiger partial charge is 0.265 e. The van der Waals surface area contributed by atoms with Crippen LogP contribution < -0.4 is 15.4 Å². The van der Waals surface area contributed by atoms with Crippen LogP contribution in [0.1, 0.15) is 25.3 Å². The number of amides is 1. The van der Waals surface area contributed by atoms with Crippen molar-refractivity contribution < 1.29 is 9.53 Å². The zero-order valence-electron chi connectivity index (χ0n) is 11.2. The third-order valence-corrected chi connectivity index (χ3v) is 3.90. The minimum atomic E-state index is -0.404. The molecule has 3 rings (SSSR count). The van der Waals surface area contributed by atoms with E-state index >= 15 is 0 Å². The summed E-state index contributed by atoms with van der Waals surface area (Å²) >= 11 is 0. The minimum Gasteiger partial charge on any atom is -0.479 e. The lowest BCUT2D eigenvalue weighted by Gasteiger charge is -2.25. The Morgan fingerprint density at radius 3 is 3.11 bits per heavy atom.